The van der Waals surface area contributed by atoms with Gasteiger partial charge in [0.05, 0.1) is 13.2 Å². The number of rotatable bonds is 13. The van der Waals surface area contributed by atoms with Crippen LogP contribution in [0.5, 0.6) is 5.75 Å². The second kappa shape index (κ2) is 12.8. The second-order valence-electron chi connectivity index (χ2n) is 10.3. The van der Waals surface area contributed by atoms with Crippen molar-refractivity contribution in [3.8, 4) is 5.75 Å². The van der Waals surface area contributed by atoms with Gasteiger partial charge < -0.3 is 29.2 Å². The zero-order valence-corrected chi connectivity index (χ0v) is 24.0. The molecule has 1 saturated heterocycles. The summed E-state index contributed by atoms with van der Waals surface area (Å²) in [6.45, 7) is 6.94. The maximum Gasteiger partial charge on any atom is 0.459 e. The van der Waals surface area contributed by atoms with Crippen molar-refractivity contribution in [2.24, 2.45) is 5.92 Å². The standard InChI is InChI=1S/C28H38N3O8P/c1-5-19(6-2)16-36-27(34)18(3)31-40(35,39-20-10-8-7-9-11-20)37-17-28(4)25(33)23(32)24(38-28)21-12-14-29-26-22(21)13-15-30-26/h7-15,18-19,23-25,32-33H,5-6,16-17H2,1-4H3,(H,29,30)(H,31,35)/t18-,23-,24-,25-,28+,40-/m0/s1. The number of aliphatic hydroxyl groups excluding tert-OH is 2. The molecule has 40 heavy (non-hydrogen) atoms. The Balaban J connectivity index is 1.50. The highest BCUT2D eigenvalue weighted by atomic mass is 31.2. The van der Waals surface area contributed by atoms with Crippen LogP contribution in [-0.2, 0) is 23.4 Å². The summed E-state index contributed by atoms with van der Waals surface area (Å²) in [6.07, 6.45) is 1.47. The van der Waals surface area contributed by atoms with Gasteiger partial charge in [0.15, 0.2) is 0 Å². The van der Waals surface area contributed by atoms with Crippen LogP contribution in [0.25, 0.3) is 11.0 Å². The van der Waals surface area contributed by atoms with E-state index in [9.17, 15) is 19.6 Å². The summed E-state index contributed by atoms with van der Waals surface area (Å²) in [7, 11) is -4.21. The van der Waals surface area contributed by atoms with Crippen molar-refractivity contribution in [2.45, 2.75) is 70.5 Å². The van der Waals surface area contributed by atoms with E-state index in [0.29, 0.717) is 11.2 Å². The fourth-order valence-corrected chi connectivity index (χ4v) is 6.20. The van der Waals surface area contributed by atoms with E-state index < -0.39 is 50.3 Å². The minimum Gasteiger partial charge on any atom is -0.464 e. The molecular weight excluding hydrogens is 537 g/mol. The van der Waals surface area contributed by atoms with Crippen LogP contribution in [0.4, 0.5) is 0 Å². The lowest BCUT2D eigenvalue weighted by Gasteiger charge is -2.30. The van der Waals surface area contributed by atoms with Crippen LogP contribution in [0.1, 0.15) is 52.2 Å². The van der Waals surface area contributed by atoms with Crippen molar-refractivity contribution < 1.29 is 38.1 Å². The van der Waals surface area contributed by atoms with E-state index in [2.05, 4.69) is 15.1 Å². The largest absolute Gasteiger partial charge is 0.464 e. The number of hydrogen-bond acceptors (Lipinski definition) is 9. The van der Waals surface area contributed by atoms with Gasteiger partial charge in [-0.05, 0) is 49.6 Å². The van der Waals surface area contributed by atoms with Crippen LogP contribution in [-0.4, -0.2) is 63.2 Å². The number of aromatic nitrogens is 2. The lowest BCUT2D eigenvalue weighted by molar-refractivity contribution is -0.146. The first-order valence-electron chi connectivity index (χ1n) is 13.5. The predicted octanol–water partition coefficient (Wildman–Crippen LogP) is 4.28. The number of carbonyl (C=O) groups is 1. The number of aromatic amines is 1. The summed E-state index contributed by atoms with van der Waals surface area (Å²) in [5, 5.41) is 25.3. The van der Waals surface area contributed by atoms with Gasteiger partial charge in [-0.15, -0.1) is 0 Å². The number of nitrogens with one attached hydrogen (secondary N) is 2. The van der Waals surface area contributed by atoms with Gasteiger partial charge in [-0.1, -0.05) is 44.9 Å². The number of benzene rings is 1. The Labute approximate surface area is 233 Å². The molecule has 4 rings (SSSR count). The van der Waals surface area contributed by atoms with Gasteiger partial charge in [0.1, 0.15) is 41.4 Å². The highest BCUT2D eigenvalue weighted by molar-refractivity contribution is 7.52. The third-order valence-electron chi connectivity index (χ3n) is 7.27. The third-order valence-corrected chi connectivity index (χ3v) is 8.89. The molecule has 3 heterocycles. The van der Waals surface area contributed by atoms with Crippen LogP contribution in [0.3, 0.4) is 0 Å². The van der Waals surface area contributed by atoms with Gasteiger partial charge >= 0.3 is 13.7 Å². The molecule has 0 radical (unpaired) electrons. The average Bonchev–Trinajstić information content (AvgIpc) is 3.52. The minimum atomic E-state index is -4.21. The topological polar surface area (TPSA) is 152 Å². The molecule has 1 aliphatic rings. The molecular formula is C28H38N3O8P. The number of H-pyrrole nitrogens is 1. The zero-order valence-electron chi connectivity index (χ0n) is 23.1. The van der Waals surface area contributed by atoms with Crippen LogP contribution in [0, 0.1) is 5.92 Å². The van der Waals surface area contributed by atoms with E-state index in [0.717, 1.165) is 18.2 Å². The summed E-state index contributed by atoms with van der Waals surface area (Å²) in [5.74, 6) is -0.119. The van der Waals surface area contributed by atoms with E-state index in [4.69, 9.17) is 18.5 Å². The van der Waals surface area contributed by atoms with Crippen molar-refractivity contribution in [3.05, 3.63) is 60.4 Å². The first kappa shape index (κ1) is 30.2. The number of aliphatic hydroxyl groups is 2. The molecule has 218 valence electrons. The molecule has 1 aliphatic heterocycles. The van der Waals surface area contributed by atoms with E-state index in [-0.39, 0.29) is 18.3 Å². The van der Waals surface area contributed by atoms with Crippen LogP contribution in [0.15, 0.2) is 54.9 Å². The Morgan fingerprint density at radius 2 is 1.93 bits per heavy atom. The van der Waals surface area contributed by atoms with Crippen LogP contribution < -0.4 is 9.61 Å². The molecule has 2 aromatic heterocycles. The molecule has 0 bridgehead atoms. The van der Waals surface area contributed by atoms with Crippen molar-refractivity contribution in [1.29, 1.82) is 0 Å². The molecule has 0 aliphatic carbocycles. The fraction of sp³-hybridized carbons (Fsp3) is 0.500. The Bertz CT molecular complexity index is 1320. The maximum atomic E-state index is 14.0. The second-order valence-corrected chi connectivity index (χ2v) is 12.0. The number of carbonyl (C=O) groups excluding carboxylic acids is 1. The van der Waals surface area contributed by atoms with Crippen molar-refractivity contribution in [3.63, 3.8) is 0 Å². The number of nitrogens with zero attached hydrogens (tertiary/aromatic N) is 1. The van der Waals surface area contributed by atoms with E-state index >= 15 is 0 Å². The first-order valence-corrected chi connectivity index (χ1v) is 15.0. The summed E-state index contributed by atoms with van der Waals surface area (Å²) in [6, 6.07) is 10.9. The molecule has 6 atom stereocenters. The van der Waals surface area contributed by atoms with Gasteiger partial charge in [-0.3, -0.25) is 9.32 Å². The van der Waals surface area contributed by atoms with E-state index in [1.54, 1.807) is 55.7 Å². The Morgan fingerprint density at radius 3 is 2.62 bits per heavy atom. The third kappa shape index (κ3) is 6.74. The highest BCUT2D eigenvalue weighted by Gasteiger charge is 2.53. The van der Waals surface area contributed by atoms with E-state index in [1.165, 1.54) is 6.92 Å². The minimum absolute atomic E-state index is 0.230. The molecule has 0 unspecified atom stereocenters. The van der Waals surface area contributed by atoms with Crippen molar-refractivity contribution in [2.75, 3.05) is 13.2 Å². The predicted molar refractivity (Wildman–Crippen MR) is 149 cm³/mol. The molecule has 11 nitrogen and oxygen atoms in total. The molecule has 0 spiro atoms. The average molecular weight is 576 g/mol. The fourth-order valence-electron chi connectivity index (χ4n) is 4.62. The Kier molecular flexibility index (Phi) is 9.66. The Hall–Kier alpha value is -2.79. The molecule has 3 aromatic rings. The Morgan fingerprint density at radius 1 is 1.20 bits per heavy atom. The zero-order chi connectivity index (χ0) is 28.9. The maximum absolute atomic E-state index is 14.0. The summed E-state index contributed by atoms with van der Waals surface area (Å²) in [4.78, 5) is 20.0. The monoisotopic (exact) mass is 575 g/mol. The van der Waals surface area contributed by atoms with E-state index in [1.807, 2.05) is 19.9 Å². The van der Waals surface area contributed by atoms with Gasteiger partial charge in [0, 0.05) is 17.8 Å². The lowest BCUT2D eigenvalue weighted by atomic mass is 9.95. The van der Waals surface area contributed by atoms with Gasteiger partial charge in [0.25, 0.3) is 0 Å². The molecule has 0 amide bonds. The lowest BCUT2D eigenvalue weighted by Crippen LogP contribution is -2.45. The van der Waals surface area contributed by atoms with Crippen molar-refractivity contribution in [1.82, 2.24) is 15.1 Å². The molecule has 12 heteroatoms. The number of esters is 1. The number of hydrogen-bond donors (Lipinski definition) is 4. The van der Waals surface area contributed by atoms with Gasteiger partial charge in [-0.2, -0.15) is 5.09 Å². The molecule has 4 N–H and O–H groups in total. The normalized spacial score (nSPS) is 25.1. The number of ether oxygens (including phenoxy) is 2. The molecule has 1 aromatic carbocycles. The van der Waals surface area contributed by atoms with Crippen LogP contribution >= 0.6 is 7.75 Å². The molecule has 0 saturated carbocycles. The number of pyridine rings is 1. The quantitative estimate of drug-likeness (QED) is 0.172. The smallest absolute Gasteiger partial charge is 0.459 e. The van der Waals surface area contributed by atoms with Crippen LogP contribution in [0.2, 0.25) is 0 Å². The SMILES string of the molecule is CCC(CC)COC(=O)[C@H](C)N[P@](=O)(OC[C@@]1(C)O[C@@H](c2ccnc3[nH]ccc23)[C@H](O)[C@@H]1O)Oc1ccccc1. The van der Waals surface area contributed by atoms with Gasteiger partial charge in [-0.25, -0.2) is 9.55 Å². The van der Waals surface area contributed by atoms with Crippen molar-refractivity contribution >= 4 is 24.7 Å². The molecule has 1 fully saturated rings. The summed E-state index contributed by atoms with van der Waals surface area (Å²) in [5.41, 5.74) is -0.216. The summed E-state index contributed by atoms with van der Waals surface area (Å²) < 4.78 is 37.0. The summed E-state index contributed by atoms with van der Waals surface area (Å²) >= 11 is 0. The number of para-hydroxylation sites is 1. The number of fused-ring (bicyclic) bond motifs is 1. The first-order chi connectivity index (χ1) is 19.1. The highest BCUT2D eigenvalue weighted by Crippen LogP contribution is 2.48. The van der Waals surface area contributed by atoms with Gasteiger partial charge in [0.2, 0.25) is 0 Å².